The second-order valence-corrected chi connectivity index (χ2v) is 8.03. The molecule has 4 heteroatoms. The van der Waals surface area contributed by atoms with Gasteiger partial charge in [-0.05, 0) is 55.8 Å². The zero-order chi connectivity index (χ0) is 15.7. The maximum atomic E-state index is 11.9. The molecule has 0 spiro atoms. The Labute approximate surface area is 133 Å². The predicted molar refractivity (Wildman–Crippen MR) is 86.0 cm³/mol. The molecule has 3 saturated carbocycles. The van der Waals surface area contributed by atoms with Gasteiger partial charge in [-0.2, -0.15) is 0 Å². The molecule has 3 rings (SSSR count). The average Bonchev–Trinajstić information content (AvgIpc) is 3.41. The van der Waals surface area contributed by atoms with Gasteiger partial charge in [0.2, 0.25) is 11.8 Å². The molecule has 3 aliphatic rings. The highest BCUT2D eigenvalue weighted by Gasteiger charge is 2.40. The first-order valence-electron chi connectivity index (χ1n) is 9.10. The number of carbonyl (C=O) groups excluding carboxylic acids is 2. The molecule has 0 heterocycles. The number of hydrogen-bond acceptors (Lipinski definition) is 2. The van der Waals surface area contributed by atoms with Crippen LogP contribution in [0.1, 0.15) is 52.4 Å². The zero-order valence-corrected chi connectivity index (χ0v) is 13.9. The third kappa shape index (κ3) is 4.02. The normalized spacial score (nSPS) is 39.9. The maximum absolute atomic E-state index is 11.9. The van der Waals surface area contributed by atoms with Crippen molar-refractivity contribution in [2.45, 2.75) is 52.4 Å². The molecule has 4 nitrogen and oxygen atoms in total. The van der Waals surface area contributed by atoms with Crippen LogP contribution in [0, 0.1) is 35.5 Å². The Morgan fingerprint density at radius 1 is 0.818 bits per heavy atom. The van der Waals surface area contributed by atoms with Gasteiger partial charge in [-0.15, -0.1) is 0 Å². The van der Waals surface area contributed by atoms with Crippen LogP contribution in [0.3, 0.4) is 0 Å². The Morgan fingerprint density at radius 3 is 1.59 bits per heavy atom. The van der Waals surface area contributed by atoms with E-state index in [-0.39, 0.29) is 23.7 Å². The molecule has 2 amide bonds. The number of rotatable bonds is 6. The van der Waals surface area contributed by atoms with Crippen LogP contribution in [0.15, 0.2) is 0 Å². The Bertz CT molecular complexity index is 399. The van der Waals surface area contributed by atoms with Gasteiger partial charge in [0.15, 0.2) is 0 Å². The van der Waals surface area contributed by atoms with Crippen molar-refractivity contribution in [1.82, 2.24) is 10.6 Å². The van der Waals surface area contributed by atoms with E-state index in [4.69, 9.17) is 0 Å². The molecule has 2 N–H and O–H groups in total. The summed E-state index contributed by atoms with van der Waals surface area (Å²) >= 11 is 0. The third-order valence-corrected chi connectivity index (χ3v) is 5.91. The van der Waals surface area contributed by atoms with Gasteiger partial charge in [0.05, 0.1) is 0 Å². The standard InChI is InChI=1S/C18H30N2O2/c1-11-6-15(11)17(21)19-9-13-4-3-5-14(8-13)10-20-18(22)16-7-12(16)2/h11-16H,3-10H2,1-2H3,(H,19,21)(H,20,22)/t11-,12-,13-,14+,15+,16+/m1/s1. The van der Waals surface area contributed by atoms with Crippen LogP contribution in [0.4, 0.5) is 0 Å². The minimum absolute atomic E-state index is 0.255. The summed E-state index contributed by atoms with van der Waals surface area (Å²) in [6.07, 6.45) is 6.91. The van der Waals surface area contributed by atoms with Crippen molar-refractivity contribution < 1.29 is 9.59 Å². The molecule has 0 aromatic rings. The van der Waals surface area contributed by atoms with Gasteiger partial charge in [0.25, 0.3) is 0 Å². The van der Waals surface area contributed by atoms with Crippen LogP contribution in [0.5, 0.6) is 0 Å². The van der Waals surface area contributed by atoms with E-state index in [1.165, 1.54) is 19.3 Å². The average molecular weight is 306 g/mol. The molecule has 0 aromatic heterocycles. The van der Waals surface area contributed by atoms with E-state index in [1.807, 2.05) is 0 Å². The fraction of sp³-hybridized carbons (Fsp3) is 0.889. The van der Waals surface area contributed by atoms with Crippen molar-refractivity contribution in [2.75, 3.05) is 13.1 Å². The van der Waals surface area contributed by atoms with E-state index in [9.17, 15) is 9.59 Å². The lowest BCUT2D eigenvalue weighted by molar-refractivity contribution is -0.123. The SMILES string of the molecule is C[C@@H]1C[C@@H]1C(=O)NC[C@H]1CCC[C@@H](CNC(=O)[C@H]2C[C@H]2C)C1. The monoisotopic (exact) mass is 306 g/mol. The predicted octanol–water partition coefficient (Wildman–Crippen LogP) is 2.34. The van der Waals surface area contributed by atoms with Crippen molar-refractivity contribution in [3.05, 3.63) is 0 Å². The molecule has 3 fully saturated rings. The van der Waals surface area contributed by atoms with Crippen LogP contribution < -0.4 is 10.6 Å². The highest BCUT2D eigenvalue weighted by atomic mass is 16.2. The van der Waals surface area contributed by atoms with Crippen molar-refractivity contribution in [3.8, 4) is 0 Å². The summed E-state index contributed by atoms with van der Waals surface area (Å²) in [6.45, 7) is 5.94. The molecule has 0 unspecified atom stereocenters. The second-order valence-electron chi connectivity index (χ2n) is 8.03. The smallest absolute Gasteiger partial charge is 0.223 e. The van der Waals surface area contributed by atoms with Crippen LogP contribution >= 0.6 is 0 Å². The van der Waals surface area contributed by atoms with Crippen molar-refractivity contribution in [2.24, 2.45) is 35.5 Å². The molecular formula is C18H30N2O2. The first kappa shape index (κ1) is 15.8. The van der Waals surface area contributed by atoms with Crippen LogP contribution in [0.2, 0.25) is 0 Å². The number of hydrogen-bond donors (Lipinski definition) is 2. The van der Waals surface area contributed by atoms with Crippen molar-refractivity contribution in [3.63, 3.8) is 0 Å². The first-order valence-corrected chi connectivity index (χ1v) is 9.10. The Hall–Kier alpha value is -1.06. The summed E-state index contributed by atoms with van der Waals surface area (Å²) in [4.78, 5) is 23.8. The van der Waals surface area contributed by atoms with Crippen molar-refractivity contribution in [1.29, 1.82) is 0 Å². The van der Waals surface area contributed by atoms with Gasteiger partial charge in [-0.3, -0.25) is 9.59 Å². The fourth-order valence-corrected chi connectivity index (χ4v) is 3.90. The van der Waals surface area contributed by atoms with Gasteiger partial charge < -0.3 is 10.6 Å². The summed E-state index contributed by atoms with van der Waals surface area (Å²) in [6, 6.07) is 0. The maximum Gasteiger partial charge on any atom is 0.223 e. The molecule has 0 aromatic carbocycles. The highest BCUT2D eigenvalue weighted by Crippen LogP contribution is 2.38. The number of nitrogens with one attached hydrogen (secondary N) is 2. The number of carbonyl (C=O) groups is 2. The molecular weight excluding hydrogens is 276 g/mol. The quantitative estimate of drug-likeness (QED) is 0.791. The zero-order valence-electron chi connectivity index (χ0n) is 13.9. The first-order chi connectivity index (χ1) is 10.5. The third-order valence-electron chi connectivity index (χ3n) is 5.91. The summed E-state index contributed by atoms with van der Waals surface area (Å²) in [5, 5.41) is 6.28. The van der Waals surface area contributed by atoms with Gasteiger partial charge in [-0.1, -0.05) is 20.3 Å². The Balaban J connectivity index is 1.34. The van der Waals surface area contributed by atoms with Crippen LogP contribution in [0.25, 0.3) is 0 Å². The molecule has 3 aliphatic carbocycles. The van der Waals surface area contributed by atoms with E-state index in [0.717, 1.165) is 32.4 Å². The van der Waals surface area contributed by atoms with E-state index in [2.05, 4.69) is 24.5 Å². The molecule has 6 atom stereocenters. The lowest BCUT2D eigenvalue weighted by Gasteiger charge is -2.29. The van der Waals surface area contributed by atoms with Gasteiger partial charge >= 0.3 is 0 Å². The Kier molecular flexibility index (Phi) is 4.74. The molecule has 0 saturated heterocycles. The highest BCUT2D eigenvalue weighted by molar-refractivity contribution is 5.81. The summed E-state index contributed by atoms with van der Waals surface area (Å²) in [7, 11) is 0. The Morgan fingerprint density at radius 2 is 1.23 bits per heavy atom. The molecule has 0 radical (unpaired) electrons. The summed E-state index contributed by atoms with van der Waals surface area (Å²) < 4.78 is 0. The second kappa shape index (κ2) is 6.59. The van der Waals surface area contributed by atoms with Gasteiger partial charge in [0, 0.05) is 24.9 Å². The summed E-state index contributed by atoms with van der Waals surface area (Å²) in [5.41, 5.74) is 0. The topological polar surface area (TPSA) is 58.2 Å². The van der Waals surface area contributed by atoms with Gasteiger partial charge in [0.1, 0.15) is 0 Å². The molecule has 124 valence electrons. The lowest BCUT2D eigenvalue weighted by atomic mass is 9.81. The molecule has 22 heavy (non-hydrogen) atoms. The van der Waals surface area contributed by atoms with Crippen LogP contribution in [-0.2, 0) is 9.59 Å². The summed E-state index contributed by atoms with van der Waals surface area (Å²) in [5.74, 6) is 3.41. The van der Waals surface area contributed by atoms with E-state index >= 15 is 0 Å². The van der Waals surface area contributed by atoms with Gasteiger partial charge in [-0.25, -0.2) is 0 Å². The minimum Gasteiger partial charge on any atom is -0.356 e. The van der Waals surface area contributed by atoms with E-state index in [0.29, 0.717) is 23.7 Å². The lowest BCUT2D eigenvalue weighted by Crippen LogP contribution is -2.36. The van der Waals surface area contributed by atoms with Crippen molar-refractivity contribution >= 4 is 11.8 Å². The largest absolute Gasteiger partial charge is 0.356 e. The minimum atomic E-state index is 0.255. The fourth-order valence-electron chi connectivity index (χ4n) is 3.90. The number of amides is 2. The van der Waals surface area contributed by atoms with E-state index < -0.39 is 0 Å². The van der Waals surface area contributed by atoms with Crippen LogP contribution in [-0.4, -0.2) is 24.9 Å². The molecule has 0 bridgehead atoms. The molecule has 0 aliphatic heterocycles. The van der Waals surface area contributed by atoms with E-state index in [1.54, 1.807) is 0 Å².